The Hall–Kier alpha value is -1.81. The maximum Gasteiger partial charge on any atom is 0.121 e. The van der Waals surface area contributed by atoms with E-state index < -0.39 is 0 Å². The first kappa shape index (κ1) is 12.0. The quantitative estimate of drug-likeness (QED) is 0.703. The van der Waals surface area contributed by atoms with E-state index in [-0.39, 0.29) is 0 Å². The molecule has 3 aromatic rings. The zero-order valence-electron chi connectivity index (χ0n) is 11.4. The second-order valence-electron chi connectivity index (χ2n) is 5.49. The van der Waals surface area contributed by atoms with E-state index in [9.17, 15) is 0 Å². The lowest BCUT2D eigenvalue weighted by atomic mass is 10.1. The van der Waals surface area contributed by atoms with Gasteiger partial charge in [-0.2, -0.15) is 0 Å². The summed E-state index contributed by atoms with van der Waals surface area (Å²) in [6, 6.07) is 8.65. The number of aromatic nitrogens is 2. The van der Waals surface area contributed by atoms with E-state index in [1.165, 1.54) is 40.5 Å². The van der Waals surface area contributed by atoms with Crippen LogP contribution in [0.4, 0.5) is 11.6 Å². The fourth-order valence-corrected chi connectivity index (χ4v) is 3.41. The van der Waals surface area contributed by atoms with Gasteiger partial charge in [0.2, 0.25) is 0 Å². The molecule has 2 N–H and O–H groups in total. The Labute approximate surface area is 122 Å². The van der Waals surface area contributed by atoms with Crippen LogP contribution in [0.25, 0.3) is 21.8 Å². The zero-order valence-corrected chi connectivity index (χ0v) is 12.2. The van der Waals surface area contributed by atoms with Crippen molar-refractivity contribution in [3.8, 4) is 0 Å². The fraction of sp³-hybridized carbons (Fsp3) is 0.333. The van der Waals surface area contributed by atoms with E-state index in [0.717, 1.165) is 18.9 Å². The molecule has 1 aromatic carbocycles. The smallest absolute Gasteiger partial charge is 0.121 e. The van der Waals surface area contributed by atoms with Crippen LogP contribution in [-0.4, -0.2) is 22.6 Å². The Kier molecular flexibility index (Phi) is 2.60. The highest BCUT2D eigenvalue weighted by Gasteiger charge is 2.16. The molecule has 0 radical (unpaired) electrons. The van der Waals surface area contributed by atoms with Crippen LogP contribution in [0.2, 0.25) is 0 Å². The molecule has 0 saturated carbocycles. The lowest BCUT2D eigenvalue weighted by molar-refractivity contribution is 0.949. The van der Waals surface area contributed by atoms with Crippen molar-refractivity contribution in [1.82, 2.24) is 9.55 Å². The third-order valence-corrected chi connectivity index (χ3v) is 4.55. The third-order valence-electron chi connectivity index (χ3n) is 4.36. The molecule has 0 unspecified atom stereocenters. The monoisotopic (exact) mass is 288 g/mol. The van der Waals surface area contributed by atoms with Gasteiger partial charge >= 0.3 is 0 Å². The summed E-state index contributed by atoms with van der Waals surface area (Å²) >= 11 is 5.78. The van der Waals surface area contributed by atoms with E-state index in [1.54, 1.807) is 0 Å². The van der Waals surface area contributed by atoms with Crippen molar-refractivity contribution in [3.05, 3.63) is 24.3 Å². The second kappa shape index (κ2) is 4.35. The minimum Gasteiger partial charge on any atom is -0.358 e. The molecule has 1 aliphatic heterocycles. The average molecular weight is 289 g/mol. The van der Waals surface area contributed by atoms with E-state index in [2.05, 4.69) is 43.6 Å². The lowest BCUT2D eigenvalue weighted by Crippen LogP contribution is -2.17. The number of nitrogens with one attached hydrogen (secondary N) is 2. The van der Waals surface area contributed by atoms with Crippen molar-refractivity contribution in [2.24, 2.45) is 7.05 Å². The molecular formula is C15H17ClN4. The second-order valence-corrected chi connectivity index (χ2v) is 5.68. The van der Waals surface area contributed by atoms with Crippen LogP contribution in [-0.2, 0) is 7.05 Å². The molecule has 2 aromatic heterocycles. The van der Waals surface area contributed by atoms with Crippen LogP contribution in [0, 0.1) is 0 Å². The molecule has 0 amide bonds. The largest absolute Gasteiger partial charge is 0.358 e. The molecule has 5 heteroatoms. The van der Waals surface area contributed by atoms with Crippen molar-refractivity contribution in [2.75, 3.05) is 22.8 Å². The number of halogens is 1. The molecular weight excluding hydrogens is 272 g/mol. The van der Waals surface area contributed by atoms with Crippen molar-refractivity contribution < 1.29 is 0 Å². The predicted octanol–water partition coefficient (Wildman–Crippen LogP) is 3.83. The molecule has 0 aliphatic carbocycles. The number of benzene rings is 1. The molecule has 4 rings (SSSR count). The lowest BCUT2D eigenvalue weighted by Gasteiger charge is -2.14. The first-order valence-electron chi connectivity index (χ1n) is 7.00. The molecule has 0 bridgehead atoms. The van der Waals surface area contributed by atoms with Crippen LogP contribution >= 0.6 is 11.8 Å². The maximum absolute atomic E-state index is 5.78. The van der Waals surface area contributed by atoms with Gasteiger partial charge in [-0.15, -0.1) is 0 Å². The SMILES string of the molecule is Cn1c(NCl)cc2c3cc(N4CCCC4)[nH]c3ccc21. The number of nitrogens with zero attached hydrogens (tertiary/aromatic N) is 2. The minimum absolute atomic E-state index is 0.915. The van der Waals surface area contributed by atoms with Crippen LogP contribution in [0.1, 0.15) is 12.8 Å². The minimum atomic E-state index is 0.915. The number of hydrogen-bond donors (Lipinski definition) is 2. The summed E-state index contributed by atoms with van der Waals surface area (Å²) < 4.78 is 2.07. The first-order chi connectivity index (χ1) is 9.78. The van der Waals surface area contributed by atoms with Crippen molar-refractivity contribution in [2.45, 2.75) is 12.8 Å². The van der Waals surface area contributed by atoms with Crippen LogP contribution < -0.4 is 9.74 Å². The number of H-pyrrole nitrogens is 1. The van der Waals surface area contributed by atoms with Gasteiger partial charge in [-0.3, -0.25) is 4.84 Å². The predicted molar refractivity (Wildman–Crippen MR) is 85.7 cm³/mol. The topological polar surface area (TPSA) is 36.0 Å². The van der Waals surface area contributed by atoms with Gasteiger partial charge < -0.3 is 14.5 Å². The summed E-state index contributed by atoms with van der Waals surface area (Å²) in [5.74, 6) is 2.15. The third kappa shape index (κ3) is 1.61. The number of aryl methyl sites for hydroxylation is 1. The van der Waals surface area contributed by atoms with Gasteiger partial charge in [-0.1, -0.05) is 0 Å². The number of rotatable bonds is 2. The molecule has 1 saturated heterocycles. The summed E-state index contributed by atoms with van der Waals surface area (Å²) in [6.45, 7) is 2.30. The van der Waals surface area contributed by atoms with Gasteiger partial charge in [0.1, 0.15) is 11.6 Å². The molecule has 4 nitrogen and oxygen atoms in total. The van der Waals surface area contributed by atoms with Gasteiger partial charge in [-0.25, -0.2) is 0 Å². The maximum atomic E-state index is 5.78. The molecule has 0 atom stereocenters. The average Bonchev–Trinajstić information content (AvgIpc) is 3.15. The highest BCUT2D eigenvalue weighted by molar-refractivity contribution is 6.24. The van der Waals surface area contributed by atoms with Crippen molar-refractivity contribution >= 4 is 45.2 Å². The summed E-state index contributed by atoms with van der Waals surface area (Å²) in [6.07, 6.45) is 2.58. The Morgan fingerprint density at radius 1 is 1.15 bits per heavy atom. The van der Waals surface area contributed by atoms with Gasteiger partial charge in [0.25, 0.3) is 0 Å². The number of fused-ring (bicyclic) bond motifs is 3. The van der Waals surface area contributed by atoms with Crippen LogP contribution in [0.5, 0.6) is 0 Å². The normalized spacial score (nSPS) is 15.6. The Morgan fingerprint density at radius 3 is 2.70 bits per heavy atom. The van der Waals surface area contributed by atoms with Gasteiger partial charge in [0.05, 0.1) is 5.52 Å². The number of hydrogen-bond acceptors (Lipinski definition) is 2. The van der Waals surface area contributed by atoms with Gasteiger partial charge in [0.15, 0.2) is 0 Å². The molecule has 3 heterocycles. The first-order valence-corrected chi connectivity index (χ1v) is 7.38. The highest BCUT2D eigenvalue weighted by atomic mass is 35.5. The van der Waals surface area contributed by atoms with Crippen LogP contribution in [0.3, 0.4) is 0 Å². The van der Waals surface area contributed by atoms with Gasteiger partial charge in [0, 0.05) is 48.2 Å². The van der Waals surface area contributed by atoms with E-state index >= 15 is 0 Å². The number of anilines is 2. The van der Waals surface area contributed by atoms with E-state index in [1.807, 2.05) is 7.05 Å². The van der Waals surface area contributed by atoms with Crippen molar-refractivity contribution in [3.63, 3.8) is 0 Å². The molecule has 104 valence electrons. The molecule has 0 spiro atoms. The fourth-order valence-electron chi connectivity index (χ4n) is 3.23. The summed E-state index contributed by atoms with van der Waals surface area (Å²) in [4.78, 5) is 8.69. The standard InChI is InChI=1S/C15H17ClN4/c1-19-13-5-4-12-10(11(13)9-15(19)18-16)8-14(17-12)20-6-2-3-7-20/h4-5,8-9,17-18H,2-3,6-7H2,1H3. The van der Waals surface area contributed by atoms with E-state index in [0.29, 0.717) is 0 Å². The number of aromatic amines is 1. The molecule has 1 aliphatic rings. The zero-order chi connectivity index (χ0) is 13.7. The molecule has 20 heavy (non-hydrogen) atoms. The Morgan fingerprint density at radius 2 is 1.95 bits per heavy atom. The highest BCUT2D eigenvalue weighted by Crippen LogP contribution is 2.33. The van der Waals surface area contributed by atoms with Gasteiger partial charge in [-0.05, 0) is 37.1 Å². The van der Waals surface area contributed by atoms with E-state index in [4.69, 9.17) is 11.8 Å². The Balaban J connectivity index is 1.94. The molecule has 1 fully saturated rings. The van der Waals surface area contributed by atoms with Crippen LogP contribution in [0.15, 0.2) is 24.3 Å². The van der Waals surface area contributed by atoms with Crippen molar-refractivity contribution in [1.29, 1.82) is 0 Å². The summed E-state index contributed by atoms with van der Waals surface area (Å²) in [7, 11) is 2.02. The summed E-state index contributed by atoms with van der Waals surface area (Å²) in [5, 5.41) is 2.49. The summed E-state index contributed by atoms with van der Waals surface area (Å²) in [5.41, 5.74) is 2.37. The Bertz CT molecular complexity index is 780.